The van der Waals surface area contributed by atoms with Gasteiger partial charge in [0.2, 0.25) is 0 Å². The van der Waals surface area contributed by atoms with Gasteiger partial charge >= 0.3 is 5.97 Å². The van der Waals surface area contributed by atoms with Gasteiger partial charge in [-0.3, -0.25) is 4.79 Å². The number of carboxylic acid groups (broad SMARTS) is 1. The molecular weight excluding hydrogens is 180 g/mol. The van der Waals surface area contributed by atoms with Crippen molar-refractivity contribution >= 4 is 5.97 Å². The maximum atomic E-state index is 10.9. The molecule has 3 atom stereocenters. The highest BCUT2D eigenvalue weighted by molar-refractivity contribution is 5.70. The molecule has 0 amide bonds. The van der Waals surface area contributed by atoms with Crippen LogP contribution in [0.25, 0.3) is 0 Å². The molecule has 1 fully saturated rings. The van der Waals surface area contributed by atoms with Crippen LogP contribution in [0.5, 0.6) is 0 Å². The van der Waals surface area contributed by atoms with E-state index in [1.165, 1.54) is 0 Å². The first-order valence-corrected chi connectivity index (χ1v) is 5.22. The Balaban J connectivity index is 2.53. The van der Waals surface area contributed by atoms with E-state index in [-0.39, 0.29) is 11.8 Å². The fraction of sp³-hybridized carbons (Fsp3) is 0.727. The zero-order valence-electron chi connectivity index (χ0n) is 8.52. The van der Waals surface area contributed by atoms with Crippen molar-refractivity contribution in [2.24, 2.45) is 11.8 Å². The minimum Gasteiger partial charge on any atom is -0.481 e. The lowest BCUT2D eigenvalue weighted by Gasteiger charge is -2.16. The van der Waals surface area contributed by atoms with Crippen LogP contribution in [-0.2, 0) is 4.79 Å². The molecule has 80 valence electrons. The van der Waals surface area contributed by atoms with Gasteiger partial charge in [-0.2, -0.15) is 0 Å². The van der Waals surface area contributed by atoms with Crippen molar-refractivity contribution in [3.05, 3.63) is 12.2 Å². The first-order chi connectivity index (χ1) is 6.66. The highest BCUT2D eigenvalue weighted by atomic mass is 16.4. The molecule has 1 saturated carbocycles. The maximum absolute atomic E-state index is 10.9. The minimum absolute atomic E-state index is 0.0877. The molecule has 0 bridgehead atoms. The largest absolute Gasteiger partial charge is 0.481 e. The van der Waals surface area contributed by atoms with Crippen LogP contribution in [0.2, 0.25) is 0 Å². The number of rotatable bonds is 4. The van der Waals surface area contributed by atoms with Crippen molar-refractivity contribution < 1.29 is 15.0 Å². The Morgan fingerprint density at radius 2 is 2.14 bits per heavy atom. The Bertz CT molecular complexity index is 223. The third-order valence-corrected chi connectivity index (χ3v) is 2.91. The molecule has 0 spiro atoms. The summed E-state index contributed by atoms with van der Waals surface area (Å²) in [5, 5.41) is 18.5. The Morgan fingerprint density at radius 1 is 1.43 bits per heavy atom. The molecule has 1 aliphatic rings. The van der Waals surface area contributed by atoms with Gasteiger partial charge in [0, 0.05) is 5.92 Å². The molecule has 1 rings (SSSR count). The van der Waals surface area contributed by atoms with Crippen LogP contribution >= 0.6 is 0 Å². The monoisotopic (exact) mass is 198 g/mol. The van der Waals surface area contributed by atoms with Crippen molar-refractivity contribution in [1.29, 1.82) is 0 Å². The topological polar surface area (TPSA) is 57.5 Å². The summed E-state index contributed by atoms with van der Waals surface area (Å²) < 4.78 is 0. The number of carboxylic acids is 1. The molecule has 0 aromatic heterocycles. The van der Waals surface area contributed by atoms with Gasteiger partial charge in [-0.1, -0.05) is 19.1 Å². The lowest BCUT2D eigenvalue weighted by molar-refractivity contribution is -0.143. The molecule has 1 aliphatic carbocycles. The van der Waals surface area contributed by atoms with Gasteiger partial charge in [-0.15, -0.1) is 0 Å². The Kier molecular flexibility index (Phi) is 4.14. The van der Waals surface area contributed by atoms with E-state index in [1.807, 2.05) is 19.1 Å². The molecule has 0 heterocycles. The van der Waals surface area contributed by atoms with Gasteiger partial charge in [0.05, 0.1) is 12.0 Å². The third kappa shape index (κ3) is 2.58. The van der Waals surface area contributed by atoms with E-state index >= 15 is 0 Å². The fourth-order valence-corrected chi connectivity index (χ4v) is 2.09. The summed E-state index contributed by atoms with van der Waals surface area (Å²) in [6.07, 6.45) is 6.45. The van der Waals surface area contributed by atoms with Crippen LogP contribution in [0.4, 0.5) is 0 Å². The van der Waals surface area contributed by atoms with Crippen LogP contribution in [0.3, 0.4) is 0 Å². The van der Waals surface area contributed by atoms with Gasteiger partial charge in [0.15, 0.2) is 0 Å². The van der Waals surface area contributed by atoms with Gasteiger partial charge < -0.3 is 10.2 Å². The minimum atomic E-state index is -0.767. The molecule has 0 saturated heterocycles. The van der Waals surface area contributed by atoms with E-state index < -0.39 is 12.1 Å². The molecule has 0 aromatic rings. The Morgan fingerprint density at radius 3 is 2.71 bits per heavy atom. The summed E-state index contributed by atoms with van der Waals surface area (Å²) in [7, 11) is 0. The molecule has 0 aliphatic heterocycles. The van der Waals surface area contributed by atoms with Crippen molar-refractivity contribution in [3.8, 4) is 0 Å². The van der Waals surface area contributed by atoms with Gasteiger partial charge in [-0.25, -0.2) is 0 Å². The summed E-state index contributed by atoms with van der Waals surface area (Å²) in [4.78, 5) is 10.9. The van der Waals surface area contributed by atoms with Crippen LogP contribution in [-0.4, -0.2) is 22.3 Å². The van der Waals surface area contributed by atoms with Gasteiger partial charge in [-0.05, 0) is 25.7 Å². The second-order valence-electron chi connectivity index (χ2n) is 3.87. The predicted molar refractivity (Wildman–Crippen MR) is 53.9 cm³/mol. The van der Waals surface area contributed by atoms with E-state index in [0.717, 1.165) is 6.42 Å². The Labute approximate surface area is 84.4 Å². The van der Waals surface area contributed by atoms with Crippen LogP contribution in [0.1, 0.15) is 32.6 Å². The second kappa shape index (κ2) is 5.15. The van der Waals surface area contributed by atoms with Gasteiger partial charge in [0.1, 0.15) is 0 Å². The highest BCUT2D eigenvalue weighted by Gasteiger charge is 2.38. The maximum Gasteiger partial charge on any atom is 0.306 e. The van der Waals surface area contributed by atoms with Crippen LogP contribution in [0, 0.1) is 11.8 Å². The van der Waals surface area contributed by atoms with Crippen molar-refractivity contribution in [2.75, 3.05) is 0 Å². The quantitative estimate of drug-likeness (QED) is 0.677. The van der Waals surface area contributed by atoms with E-state index in [2.05, 4.69) is 0 Å². The third-order valence-electron chi connectivity index (χ3n) is 2.91. The molecular formula is C11H18O3. The Hall–Kier alpha value is -0.830. The normalized spacial score (nSPS) is 32.6. The van der Waals surface area contributed by atoms with Crippen molar-refractivity contribution in [1.82, 2.24) is 0 Å². The summed E-state index contributed by atoms with van der Waals surface area (Å²) >= 11 is 0. The summed E-state index contributed by atoms with van der Waals surface area (Å²) in [5.41, 5.74) is 0. The number of hydrogen-bond donors (Lipinski definition) is 2. The fourth-order valence-electron chi connectivity index (χ4n) is 2.09. The number of aliphatic hydroxyl groups excluding tert-OH is 1. The average molecular weight is 198 g/mol. The first kappa shape index (κ1) is 11.2. The van der Waals surface area contributed by atoms with E-state index in [4.69, 9.17) is 5.11 Å². The lowest BCUT2D eigenvalue weighted by atomic mass is 9.91. The van der Waals surface area contributed by atoms with E-state index in [1.54, 1.807) is 0 Å². The lowest BCUT2D eigenvalue weighted by Crippen LogP contribution is -2.24. The zero-order valence-corrected chi connectivity index (χ0v) is 8.52. The smallest absolute Gasteiger partial charge is 0.306 e. The van der Waals surface area contributed by atoms with Crippen LogP contribution < -0.4 is 0 Å². The number of allylic oxidation sites excluding steroid dienone is 2. The summed E-state index contributed by atoms with van der Waals surface area (Å²) in [6, 6.07) is 0. The molecule has 3 heteroatoms. The molecule has 2 N–H and O–H groups in total. The summed E-state index contributed by atoms with van der Waals surface area (Å²) in [5.74, 6) is -1.21. The standard InChI is InChI=1S/C11H18O3/c1-2-3-4-5-8-9(11(13)14)6-7-10(8)12/h3-4,8-10,12H,2,5-7H2,1H3,(H,13,14)/b4-3-. The molecule has 0 aromatic carbocycles. The first-order valence-electron chi connectivity index (χ1n) is 5.22. The number of hydrogen-bond acceptors (Lipinski definition) is 2. The van der Waals surface area contributed by atoms with Crippen LogP contribution in [0.15, 0.2) is 12.2 Å². The SMILES string of the molecule is CC/C=C\CC1C(O)CCC1C(=O)O. The average Bonchev–Trinajstić information content (AvgIpc) is 2.48. The number of aliphatic hydroxyl groups is 1. The molecule has 14 heavy (non-hydrogen) atoms. The summed E-state index contributed by atoms with van der Waals surface area (Å²) in [6.45, 7) is 2.04. The zero-order chi connectivity index (χ0) is 10.6. The van der Waals surface area contributed by atoms with E-state index in [0.29, 0.717) is 19.3 Å². The second-order valence-corrected chi connectivity index (χ2v) is 3.87. The van der Waals surface area contributed by atoms with Gasteiger partial charge in [0.25, 0.3) is 0 Å². The number of aliphatic carboxylic acids is 1. The number of carbonyl (C=O) groups is 1. The molecule has 3 unspecified atom stereocenters. The van der Waals surface area contributed by atoms with Crippen molar-refractivity contribution in [2.45, 2.75) is 38.7 Å². The molecule has 3 nitrogen and oxygen atoms in total. The highest BCUT2D eigenvalue weighted by Crippen LogP contribution is 2.34. The van der Waals surface area contributed by atoms with Crippen molar-refractivity contribution in [3.63, 3.8) is 0 Å². The van der Waals surface area contributed by atoms with E-state index in [9.17, 15) is 9.90 Å². The molecule has 0 radical (unpaired) electrons. The predicted octanol–water partition coefficient (Wildman–Crippen LogP) is 1.81.